The second kappa shape index (κ2) is 6.46. The first-order valence-electron chi connectivity index (χ1n) is 5.08. The van der Waals surface area contributed by atoms with Crippen molar-refractivity contribution in [3.8, 4) is 5.75 Å². The Bertz CT molecular complexity index is 558. The zero-order chi connectivity index (χ0) is 13.1. The average molecular weight is 458 g/mol. The van der Waals surface area contributed by atoms with Crippen molar-refractivity contribution < 1.29 is 4.74 Å². The summed E-state index contributed by atoms with van der Waals surface area (Å²) in [7, 11) is 0. The highest BCUT2D eigenvalue weighted by molar-refractivity contribution is 14.1. The van der Waals surface area contributed by atoms with Gasteiger partial charge < -0.3 is 4.74 Å². The minimum Gasteiger partial charge on any atom is -0.487 e. The summed E-state index contributed by atoms with van der Waals surface area (Å²) in [5.74, 6) is 0.586. The Morgan fingerprint density at radius 1 is 1.06 bits per heavy atom. The van der Waals surface area contributed by atoms with Crippen LogP contribution in [0.15, 0.2) is 40.9 Å². The van der Waals surface area contributed by atoms with E-state index in [2.05, 4.69) is 38.5 Å². The molecule has 2 rings (SSSR count). The molecule has 0 heterocycles. The van der Waals surface area contributed by atoms with E-state index in [9.17, 15) is 0 Å². The molecule has 1 nitrogen and oxygen atoms in total. The lowest BCUT2D eigenvalue weighted by Crippen LogP contribution is -1.96. The smallest absolute Gasteiger partial charge is 0.139 e. The lowest BCUT2D eigenvalue weighted by atomic mass is 10.2. The minimum absolute atomic E-state index is 0.467. The molecule has 0 saturated carbocycles. The van der Waals surface area contributed by atoms with Crippen LogP contribution in [-0.4, -0.2) is 0 Å². The molecule has 5 heteroatoms. The van der Waals surface area contributed by atoms with Gasteiger partial charge in [-0.15, -0.1) is 0 Å². The van der Waals surface area contributed by atoms with Crippen LogP contribution in [-0.2, 0) is 6.61 Å². The number of rotatable bonds is 3. The Morgan fingerprint density at radius 2 is 1.72 bits per heavy atom. The van der Waals surface area contributed by atoms with Crippen molar-refractivity contribution in [3.05, 3.63) is 60.0 Å². The Morgan fingerprint density at radius 3 is 2.39 bits per heavy atom. The molecule has 2 aromatic carbocycles. The molecule has 0 aromatic heterocycles. The van der Waals surface area contributed by atoms with E-state index in [1.54, 1.807) is 12.1 Å². The van der Waals surface area contributed by atoms with Gasteiger partial charge in [-0.1, -0.05) is 35.3 Å². The third-order valence-corrected chi connectivity index (χ3v) is 4.49. The van der Waals surface area contributed by atoms with Crippen molar-refractivity contribution in [2.45, 2.75) is 6.61 Å². The molecule has 0 fully saturated rings. The van der Waals surface area contributed by atoms with Crippen LogP contribution in [0.1, 0.15) is 5.56 Å². The fraction of sp³-hybridized carbons (Fsp3) is 0.0769. The number of benzene rings is 2. The summed E-state index contributed by atoms with van der Waals surface area (Å²) < 4.78 is 7.61. The molecule has 0 amide bonds. The van der Waals surface area contributed by atoms with Gasteiger partial charge in [0.25, 0.3) is 0 Å². The van der Waals surface area contributed by atoms with E-state index in [1.165, 1.54) is 3.57 Å². The molecule has 0 bridgehead atoms. The molecule has 0 aliphatic carbocycles. The van der Waals surface area contributed by atoms with Crippen LogP contribution in [0.2, 0.25) is 10.0 Å². The van der Waals surface area contributed by atoms with Gasteiger partial charge in [-0.25, -0.2) is 0 Å². The molecule has 0 atom stereocenters. The second-order valence-electron chi connectivity index (χ2n) is 3.61. The summed E-state index contributed by atoms with van der Waals surface area (Å²) in [6, 6.07) is 11.6. The first-order chi connectivity index (χ1) is 8.56. The van der Waals surface area contributed by atoms with E-state index in [1.807, 2.05) is 24.3 Å². The molecule has 18 heavy (non-hydrogen) atoms. The number of hydrogen-bond donors (Lipinski definition) is 0. The molecule has 0 spiro atoms. The van der Waals surface area contributed by atoms with Crippen molar-refractivity contribution in [1.82, 2.24) is 0 Å². The molecular formula is C13H8BrCl2IO. The van der Waals surface area contributed by atoms with Crippen LogP contribution in [0.25, 0.3) is 0 Å². The van der Waals surface area contributed by atoms with E-state index in [0.29, 0.717) is 22.4 Å². The van der Waals surface area contributed by atoms with E-state index < -0.39 is 0 Å². The predicted molar refractivity (Wildman–Crippen MR) is 87.7 cm³/mol. The van der Waals surface area contributed by atoms with Gasteiger partial charge in [0.05, 0.1) is 10.0 Å². The van der Waals surface area contributed by atoms with Gasteiger partial charge in [-0.2, -0.15) is 0 Å². The average Bonchev–Trinajstić information content (AvgIpc) is 2.34. The van der Waals surface area contributed by atoms with E-state index in [4.69, 9.17) is 27.9 Å². The van der Waals surface area contributed by atoms with Gasteiger partial charge in [0, 0.05) is 14.1 Å². The summed E-state index contributed by atoms with van der Waals surface area (Å²) in [4.78, 5) is 0. The highest BCUT2D eigenvalue weighted by Gasteiger charge is 2.07. The van der Waals surface area contributed by atoms with Crippen molar-refractivity contribution in [3.63, 3.8) is 0 Å². The van der Waals surface area contributed by atoms with Crippen molar-refractivity contribution in [1.29, 1.82) is 0 Å². The van der Waals surface area contributed by atoms with Gasteiger partial charge in [0.1, 0.15) is 12.4 Å². The van der Waals surface area contributed by atoms with Crippen LogP contribution in [0.3, 0.4) is 0 Å². The van der Waals surface area contributed by atoms with Crippen molar-refractivity contribution in [2.75, 3.05) is 0 Å². The van der Waals surface area contributed by atoms with Gasteiger partial charge in [0.2, 0.25) is 0 Å². The molecule has 94 valence electrons. The first-order valence-corrected chi connectivity index (χ1v) is 7.71. The first kappa shape index (κ1) is 14.4. The highest BCUT2D eigenvalue weighted by Crippen LogP contribution is 2.34. The molecule has 0 radical (unpaired) electrons. The maximum Gasteiger partial charge on any atom is 0.139 e. The van der Waals surface area contributed by atoms with Gasteiger partial charge in [-0.3, -0.25) is 0 Å². The standard InChI is InChI=1S/C13H8BrCl2IO/c14-10-5-12(16)13(6-11(10)15)18-7-8-1-3-9(17)4-2-8/h1-6H,7H2. The Balaban J connectivity index is 2.10. The van der Waals surface area contributed by atoms with E-state index in [-0.39, 0.29) is 0 Å². The van der Waals surface area contributed by atoms with Crippen LogP contribution in [0.4, 0.5) is 0 Å². The van der Waals surface area contributed by atoms with Crippen LogP contribution in [0, 0.1) is 3.57 Å². The lowest BCUT2D eigenvalue weighted by molar-refractivity contribution is 0.306. The summed E-state index contributed by atoms with van der Waals surface area (Å²) in [5.41, 5.74) is 1.09. The summed E-state index contributed by atoms with van der Waals surface area (Å²) >= 11 is 17.7. The Hall–Kier alpha value is 0.0300. The van der Waals surface area contributed by atoms with Crippen LogP contribution in [0.5, 0.6) is 5.75 Å². The number of ether oxygens (including phenoxy) is 1. The topological polar surface area (TPSA) is 9.23 Å². The van der Waals surface area contributed by atoms with Gasteiger partial charge >= 0.3 is 0 Å². The normalized spacial score (nSPS) is 10.4. The second-order valence-corrected chi connectivity index (χ2v) is 6.53. The summed E-state index contributed by atoms with van der Waals surface area (Å²) in [6.45, 7) is 0.467. The van der Waals surface area contributed by atoms with Crippen LogP contribution >= 0.6 is 61.7 Å². The molecule has 0 aliphatic heterocycles. The summed E-state index contributed by atoms with van der Waals surface area (Å²) in [5, 5.41) is 1.12. The Labute approximate surface area is 138 Å². The largest absolute Gasteiger partial charge is 0.487 e. The SMILES string of the molecule is Clc1cc(OCc2ccc(I)cc2)c(Cl)cc1Br. The fourth-order valence-electron chi connectivity index (χ4n) is 1.36. The van der Waals surface area contributed by atoms with Crippen molar-refractivity contribution in [2.24, 2.45) is 0 Å². The zero-order valence-electron chi connectivity index (χ0n) is 9.09. The maximum absolute atomic E-state index is 6.08. The molecular weight excluding hydrogens is 450 g/mol. The van der Waals surface area contributed by atoms with Gasteiger partial charge in [0.15, 0.2) is 0 Å². The van der Waals surface area contributed by atoms with Gasteiger partial charge in [-0.05, 0) is 62.3 Å². The quantitative estimate of drug-likeness (QED) is 0.409. The van der Waals surface area contributed by atoms with E-state index >= 15 is 0 Å². The molecule has 0 N–H and O–H groups in total. The van der Waals surface area contributed by atoms with Crippen molar-refractivity contribution >= 4 is 61.7 Å². The third-order valence-electron chi connectivity index (χ3n) is 2.28. The highest BCUT2D eigenvalue weighted by atomic mass is 127. The lowest BCUT2D eigenvalue weighted by Gasteiger charge is -2.09. The molecule has 0 aliphatic rings. The fourth-order valence-corrected chi connectivity index (χ4v) is 2.56. The monoisotopic (exact) mass is 456 g/mol. The van der Waals surface area contributed by atoms with Crippen LogP contribution < -0.4 is 4.74 Å². The third kappa shape index (κ3) is 3.76. The molecule has 0 saturated heterocycles. The summed E-state index contributed by atoms with van der Waals surface area (Å²) in [6.07, 6.45) is 0. The number of hydrogen-bond acceptors (Lipinski definition) is 1. The van der Waals surface area contributed by atoms with E-state index in [0.717, 1.165) is 10.0 Å². The number of halogens is 4. The predicted octanol–water partition coefficient (Wildman–Crippen LogP) is 5.94. The molecule has 2 aromatic rings. The minimum atomic E-state index is 0.467. The Kier molecular flexibility index (Phi) is 5.18. The zero-order valence-corrected chi connectivity index (χ0v) is 14.3. The maximum atomic E-state index is 6.08. The molecule has 0 unspecified atom stereocenters.